The van der Waals surface area contributed by atoms with Crippen molar-refractivity contribution < 1.29 is 17.3 Å². The van der Waals surface area contributed by atoms with Crippen LogP contribution in [0.2, 0.25) is 0 Å². The van der Waals surface area contributed by atoms with Gasteiger partial charge in [-0.25, -0.2) is 22.8 Å². The van der Waals surface area contributed by atoms with Gasteiger partial charge in [-0.2, -0.15) is 4.31 Å². The fourth-order valence-corrected chi connectivity index (χ4v) is 6.63. The molecule has 1 fully saturated rings. The Hall–Kier alpha value is -2.65. The molecule has 0 N–H and O–H groups in total. The Balaban J connectivity index is 1.55. The van der Waals surface area contributed by atoms with Gasteiger partial charge in [-0.05, 0) is 51.0 Å². The fraction of sp³-hybridized carbons (Fsp3) is 0.350. The Morgan fingerprint density at radius 3 is 2.62 bits per heavy atom. The van der Waals surface area contributed by atoms with Crippen LogP contribution in [0.3, 0.4) is 0 Å². The van der Waals surface area contributed by atoms with Crippen LogP contribution in [0.4, 0.5) is 4.39 Å². The zero-order chi connectivity index (χ0) is 20.3. The maximum absolute atomic E-state index is 13.4. The summed E-state index contributed by atoms with van der Waals surface area (Å²) in [6, 6.07) is 5.57. The Morgan fingerprint density at radius 2 is 1.93 bits per heavy atom. The molecule has 9 heteroatoms. The zero-order valence-corrected chi connectivity index (χ0v) is 16.8. The molecule has 2 unspecified atom stereocenters. The molecule has 0 radical (unpaired) electrons. The SMILES string of the molecule is Cc1noc(C)c1S(=O)(=O)N1C2CCC1c1cnc(-c3ccc(F)cc3)nc1C2. The van der Waals surface area contributed by atoms with Crippen LogP contribution in [0, 0.1) is 19.7 Å². The highest BCUT2D eigenvalue weighted by Gasteiger charge is 2.49. The number of halogens is 1. The average Bonchev–Trinajstić information content (AvgIpc) is 3.21. The van der Waals surface area contributed by atoms with Gasteiger partial charge < -0.3 is 4.52 Å². The van der Waals surface area contributed by atoms with E-state index < -0.39 is 10.0 Å². The van der Waals surface area contributed by atoms with Crippen LogP contribution in [0.5, 0.6) is 0 Å². The number of nitrogens with zero attached hydrogens (tertiary/aromatic N) is 4. The Morgan fingerprint density at radius 1 is 1.17 bits per heavy atom. The third-order valence-electron chi connectivity index (χ3n) is 5.73. The topological polar surface area (TPSA) is 89.2 Å². The van der Waals surface area contributed by atoms with E-state index in [-0.39, 0.29) is 22.8 Å². The first kappa shape index (κ1) is 18.4. The summed E-state index contributed by atoms with van der Waals surface area (Å²) in [5.41, 5.74) is 2.79. The second-order valence-electron chi connectivity index (χ2n) is 7.54. The van der Waals surface area contributed by atoms with Gasteiger partial charge in [0, 0.05) is 29.8 Å². The molecule has 0 aliphatic carbocycles. The van der Waals surface area contributed by atoms with E-state index >= 15 is 0 Å². The fourth-order valence-electron chi connectivity index (χ4n) is 4.49. The van der Waals surface area contributed by atoms with Gasteiger partial charge in [0.25, 0.3) is 0 Å². The largest absolute Gasteiger partial charge is 0.360 e. The quantitative estimate of drug-likeness (QED) is 0.653. The maximum atomic E-state index is 13.4. The van der Waals surface area contributed by atoms with Gasteiger partial charge in [0.15, 0.2) is 11.6 Å². The van der Waals surface area contributed by atoms with E-state index in [0.29, 0.717) is 23.7 Å². The summed E-state index contributed by atoms with van der Waals surface area (Å²) >= 11 is 0. The summed E-state index contributed by atoms with van der Waals surface area (Å²) in [5, 5.41) is 3.81. The number of aryl methyl sites for hydroxylation is 2. The summed E-state index contributed by atoms with van der Waals surface area (Å²) in [7, 11) is -3.75. The standard InChI is InChI=1S/C20H19FN4O3S/c1-11-19(12(2)28-24-11)29(26,27)25-15-7-8-18(25)16-10-22-20(23-17(16)9-15)13-3-5-14(21)6-4-13/h3-6,10,15,18H,7-9H2,1-2H3. The van der Waals surface area contributed by atoms with Crippen LogP contribution in [0.15, 0.2) is 39.9 Å². The van der Waals surface area contributed by atoms with Gasteiger partial charge in [0.2, 0.25) is 10.0 Å². The highest BCUT2D eigenvalue weighted by Crippen LogP contribution is 2.46. The lowest BCUT2D eigenvalue weighted by Crippen LogP contribution is -2.42. The molecule has 1 aromatic carbocycles. The van der Waals surface area contributed by atoms with Crippen molar-refractivity contribution >= 4 is 10.0 Å². The Bertz CT molecular complexity index is 1190. The molecule has 5 rings (SSSR count). The minimum Gasteiger partial charge on any atom is -0.360 e. The van der Waals surface area contributed by atoms with E-state index in [1.165, 1.54) is 12.1 Å². The molecule has 3 aromatic rings. The number of hydrogen-bond donors (Lipinski definition) is 0. The number of benzene rings is 1. The van der Waals surface area contributed by atoms with Crippen LogP contribution >= 0.6 is 0 Å². The van der Waals surface area contributed by atoms with Crippen molar-refractivity contribution in [2.45, 2.75) is 50.1 Å². The first-order chi connectivity index (χ1) is 13.9. The Kier molecular flexibility index (Phi) is 4.08. The van der Waals surface area contributed by atoms with Crippen LogP contribution in [0.1, 0.15) is 41.6 Å². The molecular weight excluding hydrogens is 395 g/mol. The number of rotatable bonds is 3. The van der Waals surface area contributed by atoms with Gasteiger partial charge >= 0.3 is 0 Å². The normalized spacial score (nSPS) is 21.3. The maximum Gasteiger partial charge on any atom is 0.249 e. The van der Waals surface area contributed by atoms with Gasteiger partial charge in [-0.15, -0.1) is 0 Å². The summed E-state index contributed by atoms with van der Waals surface area (Å²) in [6.45, 7) is 3.26. The van der Waals surface area contributed by atoms with Crippen molar-refractivity contribution in [3.8, 4) is 11.4 Å². The van der Waals surface area contributed by atoms with Crippen molar-refractivity contribution in [3.05, 3.63) is 59.0 Å². The molecule has 150 valence electrons. The number of fused-ring (bicyclic) bond motifs is 4. The molecule has 0 saturated carbocycles. The second-order valence-corrected chi connectivity index (χ2v) is 9.32. The summed E-state index contributed by atoms with van der Waals surface area (Å²) < 4.78 is 46.7. The predicted molar refractivity (Wildman–Crippen MR) is 102 cm³/mol. The minimum absolute atomic E-state index is 0.154. The van der Waals surface area contributed by atoms with Gasteiger partial charge in [-0.1, -0.05) is 5.16 Å². The molecule has 2 bridgehead atoms. The van der Waals surface area contributed by atoms with E-state index in [1.54, 1.807) is 36.5 Å². The lowest BCUT2D eigenvalue weighted by atomic mass is 10.0. The van der Waals surface area contributed by atoms with E-state index in [0.717, 1.165) is 29.7 Å². The molecule has 29 heavy (non-hydrogen) atoms. The number of sulfonamides is 1. The molecule has 2 aliphatic heterocycles. The average molecular weight is 414 g/mol. The highest BCUT2D eigenvalue weighted by atomic mass is 32.2. The molecule has 0 spiro atoms. The van der Waals surface area contributed by atoms with Crippen molar-refractivity contribution in [3.63, 3.8) is 0 Å². The third kappa shape index (κ3) is 2.79. The smallest absolute Gasteiger partial charge is 0.249 e. The minimum atomic E-state index is -3.75. The van der Waals surface area contributed by atoms with Crippen LogP contribution in [-0.2, 0) is 16.4 Å². The molecule has 4 heterocycles. The molecular formula is C20H19FN4O3S. The summed E-state index contributed by atoms with van der Waals surface area (Å²) in [5.74, 6) is 0.505. The monoisotopic (exact) mass is 414 g/mol. The number of hydrogen-bond acceptors (Lipinski definition) is 6. The molecule has 0 amide bonds. The summed E-state index contributed by atoms with van der Waals surface area (Å²) in [4.78, 5) is 9.27. The Labute approximate surface area is 167 Å². The summed E-state index contributed by atoms with van der Waals surface area (Å²) in [6.07, 6.45) is 3.71. The van der Waals surface area contributed by atoms with Crippen molar-refractivity contribution in [1.82, 2.24) is 19.4 Å². The van der Waals surface area contributed by atoms with E-state index in [1.807, 2.05) is 0 Å². The predicted octanol–water partition coefficient (Wildman–Crippen LogP) is 3.34. The molecule has 1 saturated heterocycles. The first-order valence-corrected chi connectivity index (χ1v) is 10.9. The van der Waals surface area contributed by atoms with E-state index in [2.05, 4.69) is 15.1 Å². The molecule has 2 aliphatic rings. The van der Waals surface area contributed by atoms with Gasteiger partial charge in [0.1, 0.15) is 16.4 Å². The lowest BCUT2D eigenvalue weighted by Gasteiger charge is -2.34. The third-order valence-corrected chi connectivity index (χ3v) is 7.94. The zero-order valence-electron chi connectivity index (χ0n) is 16.0. The van der Waals surface area contributed by atoms with Crippen molar-refractivity contribution in [1.29, 1.82) is 0 Å². The molecule has 7 nitrogen and oxygen atoms in total. The van der Waals surface area contributed by atoms with Crippen LogP contribution in [0.25, 0.3) is 11.4 Å². The van der Waals surface area contributed by atoms with Gasteiger partial charge in [-0.3, -0.25) is 0 Å². The molecule has 2 aromatic heterocycles. The van der Waals surface area contributed by atoms with Crippen LogP contribution in [-0.4, -0.2) is 33.9 Å². The number of aromatic nitrogens is 3. The van der Waals surface area contributed by atoms with E-state index in [9.17, 15) is 12.8 Å². The van der Waals surface area contributed by atoms with Crippen LogP contribution < -0.4 is 0 Å². The van der Waals surface area contributed by atoms with E-state index in [4.69, 9.17) is 4.52 Å². The first-order valence-electron chi connectivity index (χ1n) is 9.44. The lowest BCUT2D eigenvalue weighted by molar-refractivity contribution is 0.299. The van der Waals surface area contributed by atoms with Gasteiger partial charge in [0.05, 0.1) is 11.7 Å². The van der Waals surface area contributed by atoms with Crippen molar-refractivity contribution in [2.75, 3.05) is 0 Å². The molecule has 2 atom stereocenters. The van der Waals surface area contributed by atoms with Crippen molar-refractivity contribution in [2.24, 2.45) is 0 Å². The highest BCUT2D eigenvalue weighted by molar-refractivity contribution is 7.89. The second kappa shape index (κ2) is 6.43.